The van der Waals surface area contributed by atoms with Crippen molar-refractivity contribution in [3.05, 3.63) is 82.6 Å². The van der Waals surface area contributed by atoms with Crippen LogP contribution in [-0.2, 0) is 18.9 Å². The molecule has 0 radical (unpaired) electrons. The molecule has 3 heterocycles. The molecule has 0 fully saturated rings. The summed E-state index contributed by atoms with van der Waals surface area (Å²) in [5, 5.41) is 13.2. The number of benzene rings is 1. The topological polar surface area (TPSA) is 65.7 Å². The Morgan fingerprint density at radius 3 is 2.70 bits per heavy atom. The molecule has 0 saturated heterocycles. The van der Waals surface area contributed by atoms with Gasteiger partial charge in [-0.15, -0.1) is 28.1 Å². The SMILES string of the molecule is C=CCn1c(SCc2csc(COc3ccc(Cl)cc3)n2)nnc1-c1ccncc1. The molecule has 152 valence electrons. The van der Waals surface area contributed by atoms with Gasteiger partial charge in [0.1, 0.15) is 17.4 Å². The molecule has 9 heteroatoms. The number of rotatable bonds is 9. The van der Waals surface area contributed by atoms with Gasteiger partial charge in [-0.25, -0.2) is 4.98 Å². The van der Waals surface area contributed by atoms with Crippen LogP contribution in [0.2, 0.25) is 5.02 Å². The maximum Gasteiger partial charge on any atom is 0.192 e. The highest BCUT2D eigenvalue weighted by Gasteiger charge is 2.14. The quantitative estimate of drug-likeness (QED) is 0.245. The zero-order chi connectivity index (χ0) is 20.8. The number of halogens is 1. The van der Waals surface area contributed by atoms with Gasteiger partial charge < -0.3 is 4.74 Å². The average molecular weight is 456 g/mol. The van der Waals surface area contributed by atoms with Gasteiger partial charge in [0.05, 0.1) is 5.69 Å². The van der Waals surface area contributed by atoms with Crippen LogP contribution in [0.4, 0.5) is 0 Å². The second-order valence-electron chi connectivity index (χ2n) is 6.21. The Bertz CT molecular complexity index is 1110. The zero-order valence-electron chi connectivity index (χ0n) is 15.9. The van der Waals surface area contributed by atoms with Crippen molar-refractivity contribution in [2.45, 2.75) is 24.1 Å². The molecular weight excluding hydrogens is 438 g/mol. The molecule has 3 aromatic heterocycles. The predicted octanol–water partition coefficient (Wildman–Crippen LogP) is 5.51. The van der Waals surface area contributed by atoms with Gasteiger partial charge in [-0.05, 0) is 36.4 Å². The van der Waals surface area contributed by atoms with E-state index in [1.165, 1.54) is 0 Å². The van der Waals surface area contributed by atoms with E-state index in [1.54, 1.807) is 47.6 Å². The Morgan fingerprint density at radius 2 is 1.93 bits per heavy atom. The number of hydrogen-bond donors (Lipinski definition) is 0. The van der Waals surface area contributed by atoms with Crippen LogP contribution in [-0.4, -0.2) is 24.7 Å². The maximum atomic E-state index is 5.90. The summed E-state index contributed by atoms with van der Waals surface area (Å²) in [6.45, 7) is 4.91. The summed E-state index contributed by atoms with van der Waals surface area (Å²) in [7, 11) is 0. The number of hydrogen-bond acceptors (Lipinski definition) is 7. The third kappa shape index (κ3) is 5.08. The summed E-state index contributed by atoms with van der Waals surface area (Å²) in [5.41, 5.74) is 1.96. The van der Waals surface area contributed by atoms with E-state index in [-0.39, 0.29) is 0 Å². The monoisotopic (exact) mass is 455 g/mol. The van der Waals surface area contributed by atoms with Gasteiger partial charge in [0.15, 0.2) is 11.0 Å². The van der Waals surface area contributed by atoms with E-state index < -0.39 is 0 Å². The summed E-state index contributed by atoms with van der Waals surface area (Å²) >= 11 is 9.08. The summed E-state index contributed by atoms with van der Waals surface area (Å²) in [4.78, 5) is 8.72. The Hall–Kier alpha value is -2.68. The van der Waals surface area contributed by atoms with Crippen molar-refractivity contribution < 1.29 is 4.74 Å². The summed E-state index contributed by atoms with van der Waals surface area (Å²) < 4.78 is 7.81. The standard InChI is InChI=1S/C21H18ClN5OS2/c1-2-11-27-20(15-7-9-23-10-8-15)25-26-21(27)30-14-17-13-29-19(24-17)12-28-18-5-3-16(22)4-6-18/h2-10,13H,1,11-12,14H2. The van der Waals surface area contributed by atoms with Crippen LogP contribution in [0.1, 0.15) is 10.7 Å². The number of pyridine rings is 1. The largest absolute Gasteiger partial charge is 0.486 e. The van der Waals surface area contributed by atoms with Crippen LogP contribution in [0.5, 0.6) is 5.75 Å². The molecule has 0 amide bonds. The normalized spacial score (nSPS) is 10.8. The van der Waals surface area contributed by atoms with Gasteiger partial charge >= 0.3 is 0 Å². The van der Waals surface area contributed by atoms with E-state index in [1.807, 2.05) is 40.3 Å². The van der Waals surface area contributed by atoms with Crippen molar-refractivity contribution in [2.24, 2.45) is 0 Å². The molecule has 0 aliphatic carbocycles. The van der Waals surface area contributed by atoms with Crippen LogP contribution < -0.4 is 4.74 Å². The number of thioether (sulfide) groups is 1. The molecule has 4 aromatic rings. The maximum absolute atomic E-state index is 5.90. The fraction of sp³-hybridized carbons (Fsp3) is 0.143. The lowest BCUT2D eigenvalue weighted by molar-refractivity contribution is 0.305. The Labute approximate surface area is 187 Å². The third-order valence-corrected chi connectivity index (χ3v) is 6.21. The molecule has 0 N–H and O–H groups in total. The van der Waals surface area contributed by atoms with Crippen molar-refractivity contribution in [1.82, 2.24) is 24.7 Å². The van der Waals surface area contributed by atoms with E-state index in [0.29, 0.717) is 23.9 Å². The lowest BCUT2D eigenvalue weighted by Crippen LogP contribution is -2.01. The molecule has 0 aliphatic rings. The first kappa shape index (κ1) is 20.6. The van der Waals surface area contributed by atoms with E-state index >= 15 is 0 Å². The Balaban J connectivity index is 1.39. The minimum Gasteiger partial charge on any atom is -0.486 e. The van der Waals surface area contributed by atoms with Crippen LogP contribution in [0.3, 0.4) is 0 Å². The number of thiazole rings is 1. The van der Waals surface area contributed by atoms with E-state index in [4.69, 9.17) is 16.3 Å². The molecular formula is C21H18ClN5OS2. The molecule has 0 spiro atoms. The van der Waals surface area contributed by atoms with Gasteiger partial charge in [-0.3, -0.25) is 9.55 Å². The summed E-state index contributed by atoms with van der Waals surface area (Å²) in [5.74, 6) is 2.27. The summed E-state index contributed by atoms with van der Waals surface area (Å²) in [6, 6.07) is 11.1. The van der Waals surface area contributed by atoms with Gasteiger partial charge in [-0.1, -0.05) is 29.4 Å². The Morgan fingerprint density at radius 1 is 1.13 bits per heavy atom. The van der Waals surface area contributed by atoms with Gasteiger partial charge in [0, 0.05) is 40.7 Å². The second kappa shape index (κ2) is 9.88. The smallest absolute Gasteiger partial charge is 0.192 e. The van der Waals surface area contributed by atoms with Gasteiger partial charge in [-0.2, -0.15) is 0 Å². The third-order valence-electron chi connectivity index (χ3n) is 4.09. The molecule has 0 atom stereocenters. The number of ether oxygens (including phenoxy) is 1. The van der Waals surface area contributed by atoms with Gasteiger partial charge in [0.2, 0.25) is 0 Å². The van der Waals surface area contributed by atoms with Gasteiger partial charge in [0.25, 0.3) is 0 Å². The van der Waals surface area contributed by atoms with Crippen LogP contribution in [0.25, 0.3) is 11.4 Å². The highest BCUT2D eigenvalue weighted by atomic mass is 35.5. The van der Waals surface area contributed by atoms with Crippen LogP contribution >= 0.6 is 34.7 Å². The minimum absolute atomic E-state index is 0.426. The Kier molecular flexibility index (Phi) is 6.78. The highest BCUT2D eigenvalue weighted by Crippen LogP contribution is 2.27. The average Bonchev–Trinajstić information content (AvgIpc) is 3.40. The molecule has 30 heavy (non-hydrogen) atoms. The second-order valence-corrected chi connectivity index (χ2v) is 8.53. The number of nitrogens with zero attached hydrogens (tertiary/aromatic N) is 5. The fourth-order valence-electron chi connectivity index (χ4n) is 2.70. The molecule has 0 unspecified atom stereocenters. The number of aromatic nitrogens is 5. The molecule has 4 rings (SSSR count). The van der Waals surface area contributed by atoms with Crippen LogP contribution in [0, 0.1) is 0 Å². The predicted molar refractivity (Wildman–Crippen MR) is 121 cm³/mol. The van der Waals surface area contributed by atoms with E-state index in [0.717, 1.165) is 33.0 Å². The zero-order valence-corrected chi connectivity index (χ0v) is 18.3. The van der Waals surface area contributed by atoms with Crippen molar-refractivity contribution in [3.8, 4) is 17.1 Å². The van der Waals surface area contributed by atoms with Crippen molar-refractivity contribution in [3.63, 3.8) is 0 Å². The molecule has 0 saturated carbocycles. The van der Waals surface area contributed by atoms with E-state index in [2.05, 4.69) is 26.7 Å². The fourth-order valence-corrected chi connectivity index (χ4v) is 4.48. The lowest BCUT2D eigenvalue weighted by Gasteiger charge is -2.07. The first-order valence-corrected chi connectivity index (χ1v) is 11.4. The first-order chi connectivity index (χ1) is 14.7. The molecule has 6 nitrogen and oxygen atoms in total. The molecule has 0 bridgehead atoms. The minimum atomic E-state index is 0.426. The summed E-state index contributed by atoms with van der Waals surface area (Å²) in [6.07, 6.45) is 5.34. The van der Waals surface area contributed by atoms with Crippen LogP contribution in [0.15, 0.2) is 72.0 Å². The van der Waals surface area contributed by atoms with Crippen molar-refractivity contribution in [2.75, 3.05) is 0 Å². The lowest BCUT2D eigenvalue weighted by atomic mass is 10.2. The first-order valence-electron chi connectivity index (χ1n) is 9.12. The van der Waals surface area contributed by atoms with Crippen molar-refractivity contribution >= 4 is 34.7 Å². The van der Waals surface area contributed by atoms with Crippen molar-refractivity contribution in [1.29, 1.82) is 0 Å². The number of allylic oxidation sites excluding steroid dienone is 1. The highest BCUT2D eigenvalue weighted by molar-refractivity contribution is 7.98. The molecule has 1 aromatic carbocycles. The molecule has 0 aliphatic heterocycles. The van der Waals surface area contributed by atoms with E-state index in [9.17, 15) is 0 Å².